The van der Waals surface area contributed by atoms with Gasteiger partial charge < -0.3 is 15.2 Å². The summed E-state index contributed by atoms with van der Waals surface area (Å²) in [7, 11) is 1.40. The second-order valence-corrected chi connectivity index (χ2v) is 2.93. The second kappa shape index (κ2) is 5.50. The Morgan fingerprint density at radius 3 is 2.71 bits per heavy atom. The van der Waals surface area contributed by atoms with E-state index in [4.69, 9.17) is 15.2 Å². The van der Waals surface area contributed by atoms with Crippen LogP contribution >= 0.6 is 0 Å². The van der Waals surface area contributed by atoms with E-state index in [0.717, 1.165) is 6.20 Å². The maximum atomic E-state index is 10.6. The summed E-state index contributed by atoms with van der Waals surface area (Å²) >= 11 is 0. The van der Waals surface area contributed by atoms with Gasteiger partial charge in [-0.15, -0.1) is 0 Å². The van der Waals surface area contributed by atoms with Crippen molar-refractivity contribution < 1.29 is 19.2 Å². The first-order valence-electron chi connectivity index (χ1n) is 4.50. The SMILES string of the molecule is COc1ccc(C=C[N+](=O)[O-])cc1OC(N)=O. The quantitative estimate of drug-likeness (QED) is 0.630. The molecule has 0 bridgehead atoms. The molecule has 0 aliphatic rings. The number of nitrogens with zero attached hydrogens (tertiary/aromatic N) is 1. The molecule has 0 unspecified atom stereocenters. The van der Waals surface area contributed by atoms with Crippen LogP contribution in [0.1, 0.15) is 5.56 Å². The number of nitro groups is 1. The molecule has 0 spiro atoms. The standard InChI is InChI=1S/C10H10N2O5/c1-16-8-3-2-7(4-5-12(14)15)6-9(8)17-10(11)13/h2-6H,1H3,(H2,11,13). The second-order valence-electron chi connectivity index (χ2n) is 2.93. The first-order valence-corrected chi connectivity index (χ1v) is 4.50. The molecular formula is C10H10N2O5. The molecule has 0 heterocycles. The summed E-state index contributed by atoms with van der Waals surface area (Å²) in [5, 5.41) is 10.1. The Bertz CT molecular complexity index is 470. The summed E-state index contributed by atoms with van der Waals surface area (Å²) in [5.41, 5.74) is 5.36. The van der Waals surface area contributed by atoms with Crippen LogP contribution in [0.4, 0.5) is 4.79 Å². The van der Waals surface area contributed by atoms with Gasteiger partial charge in [0.25, 0.3) is 0 Å². The number of amides is 1. The van der Waals surface area contributed by atoms with Gasteiger partial charge in [0.2, 0.25) is 6.20 Å². The van der Waals surface area contributed by atoms with Crippen molar-refractivity contribution in [3.05, 3.63) is 40.1 Å². The van der Waals surface area contributed by atoms with Crippen molar-refractivity contribution in [2.24, 2.45) is 5.73 Å². The Hall–Kier alpha value is -2.57. The highest BCUT2D eigenvalue weighted by Crippen LogP contribution is 2.28. The predicted octanol–water partition coefficient (Wildman–Crippen LogP) is 1.40. The van der Waals surface area contributed by atoms with Gasteiger partial charge in [0.05, 0.1) is 12.0 Å². The van der Waals surface area contributed by atoms with Crippen LogP contribution in [0, 0.1) is 10.1 Å². The molecule has 0 aromatic heterocycles. The molecule has 1 amide bonds. The van der Waals surface area contributed by atoms with E-state index >= 15 is 0 Å². The molecule has 0 aliphatic heterocycles. The molecule has 7 nitrogen and oxygen atoms in total. The number of hydrogen-bond donors (Lipinski definition) is 1. The average Bonchev–Trinajstić information content (AvgIpc) is 2.25. The number of methoxy groups -OCH3 is 1. The third kappa shape index (κ3) is 3.82. The molecule has 0 saturated carbocycles. The molecule has 1 aromatic rings. The van der Waals surface area contributed by atoms with Crippen molar-refractivity contribution in [1.29, 1.82) is 0 Å². The molecular weight excluding hydrogens is 228 g/mol. The molecule has 0 saturated heterocycles. The van der Waals surface area contributed by atoms with Gasteiger partial charge in [-0.2, -0.15) is 0 Å². The first-order chi connectivity index (χ1) is 8.02. The minimum atomic E-state index is -0.987. The number of primary amides is 1. The van der Waals surface area contributed by atoms with Gasteiger partial charge in [0, 0.05) is 6.08 Å². The van der Waals surface area contributed by atoms with Crippen molar-refractivity contribution >= 4 is 12.2 Å². The third-order valence-electron chi connectivity index (χ3n) is 1.79. The highest BCUT2D eigenvalue weighted by Gasteiger charge is 2.07. The lowest BCUT2D eigenvalue weighted by molar-refractivity contribution is -0.400. The van der Waals surface area contributed by atoms with Gasteiger partial charge in [0.1, 0.15) is 0 Å². The summed E-state index contributed by atoms with van der Waals surface area (Å²) in [6.07, 6.45) is 1.04. The first kappa shape index (κ1) is 12.5. The lowest BCUT2D eigenvalue weighted by atomic mass is 10.2. The van der Waals surface area contributed by atoms with Crippen LogP contribution in [-0.4, -0.2) is 18.1 Å². The summed E-state index contributed by atoms with van der Waals surface area (Å²) in [5.74, 6) is 0.410. The van der Waals surface area contributed by atoms with Crippen LogP contribution in [0.3, 0.4) is 0 Å². The van der Waals surface area contributed by atoms with E-state index in [1.54, 1.807) is 6.07 Å². The highest BCUT2D eigenvalue weighted by molar-refractivity contribution is 5.70. The van der Waals surface area contributed by atoms with Crippen LogP contribution < -0.4 is 15.2 Å². The Balaban J connectivity index is 3.03. The number of carbonyl (C=O) groups is 1. The smallest absolute Gasteiger partial charge is 0.410 e. The van der Waals surface area contributed by atoms with Crippen LogP contribution in [0.5, 0.6) is 11.5 Å². The zero-order chi connectivity index (χ0) is 12.8. The van der Waals surface area contributed by atoms with E-state index in [9.17, 15) is 14.9 Å². The number of hydrogen-bond acceptors (Lipinski definition) is 5. The van der Waals surface area contributed by atoms with Crippen molar-refractivity contribution in [3.8, 4) is 11.5 Å². The molecule has 0 radical (unpaired) electrons. The monoisotopic (exact) mass is 238 g/mol. The summed E-state index contributed by atoms with van der Waals surface area (Å²) in [6.45, 7) is 0. The van der Waals surface area contributed by atoms with E-state index in [0.29, 0.717) is 11.3 Å². The maximum absolute atomic E-state index is 10.6. The molecule has 0 aliphatic carbocycles. The van der Waals surface area contributed by atoms with Crippen LogP contribution in [-0.2, 0) is 0 Å². The lowest BCUT2D eigenvalue weighted by Gasteiger charge is -2.07. The van der Waals surface area contributed by atoms with Gasteiger partial charge in [-0.1, -0.05) is 6.07 Å². The number of rotatable bonds is 4. The van der Waals surface area contributed by atoms with Crippen molar-refractivity contribution in [3.63, 3.8) is 0 Å². The normalized spacial score (nSPS) is 10.2. The number of ether oxygens (including phenoxy) is 2. The van der Waals surface area contributed by atoms with E-state index in [2.05, 4.69) is 0 Å². The molecule has 17 heavy (non-hydrogen) atoms. The van der Waals surface area contributed by atoms with E-state index in [1.165, 1.54) is 25.3 Å². The third-order valence-corrected chi connectivity index (χ3v) is 1.79. The minimum absolute atomic E-state index is 0.102. The van der Waals surface area contributed by atoms with Gasteiger partial charge >= 0.3 is 6.09 Å². The topological polar surface area (TPSA) is 105 Å². The fourth-order valence-electron chi connectivity index (χ4n) is 1.13. The maximum Gasteiger partial charge on any atom is 0.410 e. The number of nitrogens with two attached hydrogens (primary N) is 1. The van der Waals surface area contributed by atoms with Crippen molar-refractivity contribution in [2.45, 2.75) is 0 Å². The molecule has 1 aromatic carbocycles. The van der Waals surface area contributed by atoms with Crippen LogP contribution in [0.15, 0.2) is 24.4 Å². The Labute approximate surface area is 96.6 Å². The lowest BCUT2D eigenvalue weighted by Crippen LogP contribution is -2.16. The fourth-order valence-corrected chi connectivity index (χ4v) is 1.13. The number of benzene rings is 1. The van der Waals surface area contributed by atoms with Gasteiger partial charge in [-0.3, -0.25) is 10.1 Å². The largest absolute Gasteiger partial charge is 0.493 e. The van der Waals surface area contributed by atoms with Crippen LogP contribution in [0.2, 0.25) is 0 Å². The fraction of sp³-hybridized carbons (Fsp3) is 0.100. The van der Waals surface area contributed by atoms with Crippen molar-refractivity contribution in [2.75, 3.05) is 7.11 Å². The zero-order valence-corrected chi connectivity index (χ0v) is 8.95. The molecule has 0 fully saturated rings. The Morgan fingerprint density at radius 2 is 2.18 bits per heavy atom. The van der Waals surface area contributed by atoms with Crippen molar-refractivity contribution in [1.82, 2.24) is 0 Å². The molecule has 2 N–H and O–H groups in total. The average molecular weight is 238 g/mol. The van der Waals surface area contributed by atoms with E-state index < -0.39 is 11.0 Å². The van der Waals surface area contributed by atoms with Crippen LogP contribution in [0.25, 0.3) is 6.08 Å². The van der Waals surface area contributed by atoms with Gasteiger partial charge in [-0.05, 0) is 17.7 Å². The van der Waals surface area contributed by atoms with Gasteiger partial charge in [0.15, 0.2) is 11.5 Å². The van der Waals surface area contributed by atoms with Gasteiger partial charge in [-0.25, -0.2) is 4.79 Å². The summed E-state index contributed by atoms with van der Waals surface area (Å²) in [6, 6.07) is 4.49. The molecule has 7 heteroatoms. The van der Waals surface area contributed by atoms with E-state index in [1.807, 2.05) is 0 Å². The minimum Gasteiger partial charge on any atom is -0.493 e. The predicted molar refractivity (Wildman–Crippen MR) is 59.2 cm³/mol. The summed E-state index contributed by atoms with van der Waals surface area (Å²) in [4.78, 5) is 20.2. The Kier molecular flexibility index (Phi) is 4.04. The van der Waals surface area contributed by atoms with E-state index in [-0.39, 0.29) is 5.75 Å². The number of carbonyl (C=O) groups excluding carboxylic acids is 1. The Morgan fingerprint density at radius 1 is 1.47 bits per heavy atom. The highest BCUT2D eigenvalue weighted by atomic mass is 16.6. The molecule has 90 valence electrons. The zero-order valence-electron chi connectivity index (χ0n) is 8.95. The molecule has 0 atom stereocenters. The molecule has 1 rings (SSSR count). The summed E-state index contributed by atoms with van der Waals surface area (Å²) < 4.78 is 9.63.